The highest BCUT2D eigenvalue weighted by molar-refractivity contribution is 6.04. The topological polar surface area (TPSA) is 130 Å². The number of hydrogen-bond donors (Lipinski definition) is 3. The van der Waals surface area contributed by atoms with E-state index in [0.29, 0.717) is 18.4 Å². The molecule has 4 rings (SSSR count). The molecule has 0 aromatic rings. The van der Waals surface area contributed by atoms with Crippen molar-refractivity contribution in [1.29, 1.82) is 0 Å². The van der Waals surface area contributed by atoms with Gasteiger partial charge in [0.25, 0.3) is 0 Å². The number of rotatable bonds is 2. The molecule has 3 N–H and O–H groups in total. The molecule has 4 fully saturated rings. The Morgan fingerprint density at radius 2 is 1.50 bits per heavy atom. The first-order valence-electron chi connectivity index (χ1n) is 11.3. The van der Waals surface area contributed by atoms with E-state index in [4.69, 9.17) is 9.47 Å². The first-order valence-corrected chi connectivity index (χ1v) is 11.3. The summed E-state index contributed by atoms with van der Waals surface area (Å²) >= 11 is 0. The number of ether oxygens (including phenoxy) is 2. The van der Waals surface area contributed by atoms with Gasteiger partial charge in [0.05, 0.1) is 23.7 Å². The predicted octanol–water partition coefficient (Wildman–Crippen LogP) is 1.15. The van der Waals surface area contributed by atoms with E-state index in [1.54, 1.807) is 13.8 Å². The standard InChI is InChI=1S/C24H34O8/c1-10-13-7-14(27)17-23(6)9-15(28)20(31-11(2)25)22(4,5)18(23)16(29)21(32-12(3)26)24(17,8-13)19(10)30/h13-18,20-21,27-29H,1,7-9H2,2-6H3/t13-,14+,15+,16-,17+,18-,20+,21+,23+,24+/m1/s1. The summed E-state index contributed by atoms with van der Waals surface area (Å²) in [7, 11) is 0. The number of hydrogen-bond acceptors (Lipinski definition) is 8. The van der Waals surface area contributed by atoms with Crippen LogP contribution >= 0.6 is 0 Å². The lowest BCUT2D eigenvalue weighted by Gasteiger charge is -2.68. The smallest absolute Gasteiger partial charge is 0.303 e. The number of ketones is 1. The highest BCUT2D eigenvalue weighted by Gasteiger charge is 2.77. The fourth-order valence-electron chi connectivity index (χ4n) is 8.42. The SMILES string of the molecule is C=C1C(=O)[C@]23C[C@H]1C[C@H](O)[C@H]2[C@]1(C)C[C@H](O)[C@H](OC(C)=O)C(C)(C)[C@H]1[C@@H](O)[C@@H]3OC(C)=O. The van der Waals surface area contributed by atoms with Crippen molar-refractivity contribution in [2.45, 2.75) is 84.4 Å². The van der Waals surface area contributed by atoms with Gasteiger partial charge in [0.15, 0.2) is 5.78 Å². The van der Waals surface area contributed by atoms with Crippen LogP contribution in [0.3, 0.4) is 0 Å². The van der Waals surface area contributed by atoms with Gasteiger partial charge in [0.2, 0.25) is 0 Å². The summed E-state index contributed by atoms with van der Waals surface area (Å²) in [6, 6.07) is 0. The number of aliphatic hydroxyl groups excluding tert-OH is 3. The molecule has 4 aliphatic rings. The van der Waals surface area contributed by atoms with Crippen molar-refractivity contribution in [2.75, 3.05) is 0 Å². The molecule has 0 unspecified atom stereocenters. The summed E-state index contributed by atoms with van der Waals surface area (Å²) in [6.07, 6.45) is -4.46. The molecule has 4 saturated carbocycles. The molecule has 178 valence electrons. The second-order valence-corrected chi connectivity index (χ2v) is 11.2. The van der Waals surface area contributed by atoms with E-state index in [0.717, 1.165) is 0 Å². The Bertz CT molecular complexity index is 879. The minimum absolute atomic E-state index is 0.122. The lowest BCUT2D eigenvalue weighted by Crippen LogP contribution is -2.75. The minimum Gasteiger partial charge on any atom is -0.459 e. The van der Waals surface area contributed by atoms with E-state index < -0.39 is 70.5 Å². The van der Waals surface area contributed by atoms with Gasteiger partial charge >= 0.3 is 11.9 Å². The highest BCUT2D eigenvalue weighted by Crippen LogP contribution is 2.71. The number of carbonyl (C=O) groups excluding carboxylic acids is 3. The molecule has 1 spiro atoms. The molecular formula is C24H34O8. The van der Waals surface area contributed by atoms with Crippen molar-refractivity contribution in [3.63, 3.8) is 0 Å². The van der Waals surface area contributed by atoms with Gasteiger partial charge in [-0.2, -0.15) is 0 Å². The van der Waals surface area contributed by atoms with Gasteiger partial charge in [-0.1, -0.05) is 27.4 Å². The molecular weight excluding hydrogens is 416 g/mol. The van der Waals surface area contributed by atoms with Crippen LogP contribution in [0.15, 0.2) is 12.2 Å². The Morgan fingerprint density at radius 1 is 0.938 bits per heavy atom. The average Bonchev–Trinajstić information content (AvgIpc) is 2.83. The Kier molecular flexibility index (Phi) is 5.20. The number of Topliss-reactive ketones (excluding diaryl/α,β-unsaturated/α-hetero) is 1. The van der Waals surface area contributed by atoms with E-state index in [2.05, 4.69) is 6.58 Å². The quantitative estimate of drug-likeness (QED) is 0.422. The molecule has 32 heavy (non-hydrogen) atoms. The molecule has 10 atom stereocenters. The van der Waals surface area contributed by atoms with Crippen LogP contribution in [0.1, 0.15) is 53.9 Å². The average molecular weight is 451 g/mol. The zero-order valence-electron chi connectivity index (χ0n) is 19.3. The number of esters is 2. The van der Waals surface area contributed by atoms with Gasteiger partial charge in [0.1, 0.15) is 12.2 Å². The van der Waals surface area contributed by atoms with Crippen LogP contribution in [0.25, 0.3) is 0 Å². The number of fused-ring (bicyclic) bond motifs is 3. The lowest BCUT2D eigenvalue weighted by atomic mass is 9.38. The van der Waals surface area contributed by atoms with Crippen molar-refractivity contribution in [1.82, 2.24) is 0 Å². The second kappa shape index (κ2) is 7.11. The molecule has 0 aliphatic heterocycles. The van der Waals surface area contributed by atoms with Crippen LogP contribution in [0.4, 0.5) is 0 Å². The fraction of sp³-hybridized carbons (Fsp3) is 0.792. The van der Waals surface area contributed by atoms with E-state index in [9.17, 15) is 29.7 Å². The van der Waals surface area contributed by atoms with Gasteiger partial charge in [0, 0.05) is 31.1 Å². The van der Waals surface area contributed by atoms with Crippen molar-refractivity contribution in [2.24, 2.45) is 34.0 Å². The molecule has 0 radical (unpaired) electrons. The second-order valence-electron chi connectivity index (χ2n) is 11.2. The van der Waals surface area contributed by atoms with Crippen molar-refractivity contribution in [3.8, 4) is 0 Å². The highest BCUT2D eigenvalue weighted by atomic mass is 16.6. The van der Waals surface area contributed by atoms with Gasteiger partial charge in [-0.3, -0.25) is 14.4 Å². The summed E-state index contributed by atoms with van der Waals surface area (Å²) < 4.78 is 11.1. The molecule has 0 heterocycles. The maximum Gasteiger partial charge on any atom is 0.303 e. The van der Waals surface area contributed by atoms with E-state index >= 15 is 0 Å². The summed E-state index contributed by atoms with van der Waals surface area (Å²) in [6.45, 7) is 11.9. The third-order valence-corrected chi connectivity index (χ3v) is 8.96. The van der Waals surface area contributed by atoms with Crippen molar-refractivity contribution in [3.05, 3.63) is 12.2 Å². The molecule has 0 aromatic carbocycles. The largest absolute Gasteiger partial charge is 0.459 e. The zero-order chi connectivity index (χ0) is 24.0. The Morgan fingerprint density at radius 3 is 2.06 bits per heavy atom. The van der Waals surface area contributed by atoms with Gasteiger partial charge < -0.3 is 24.8 Å². The number of carbonyl (C=O) groups is 3. The maximum absolute atomic E-state index is 13.7. The molecule has 8 heteroatoms. The predicted molar refractivity (Wildman–Crippen MR) is 112 cm³/mol. The van der Waals surface area contributed by atoms with Crippen LogP contribution in [-0.4, -0.2) is 63.6 Å². The van der Waals surface area contributed by atoms with Crippen LogP contribution in [0.5, 0.6) is 0 Å². The zero-order valence-corrected chi connectivity index (χ0v) is 19.3. The third kappa shape index (κ3) is 2.82. The summed E-state index contributed by atoms with van der Waals surface area (Å²) in [4.78, 5) is 37.5. The monoisotopic (exact) mass is 450 g/mol. The summed E-state index contributed by atoms with van der Waals surface area (Å²) in [5.41, 5.74) is -2.74. The van der Waals surface area contributed by atoms with Gasteiger partial charge in [-0.05, 0) is 36.2 Å². The molecule has 0 saturated heterocycles. The van der Waals surface area contributed by atoms with E-state index in [-0.39, 0.29) is 18.1 Å². The molecule has 0 amide bonds. The van der Waals surface area contributed by atoms with Crippen LogP contribution < -0.4 is 0 Å². The normalized spacial score (nSPS) is 49.1. The summed E-state index contributed by atoms with van der Waals surface area (Å²) in [5.74, 6) is -2.99. The Hall–Kier alpha value is -1.77. The van der Waals surface area contributed by atoms with Crippen LogP contribution in [0.2, 0.25) is 0 Å². The molecule has 8 nitrogen and oxygen atoms in total. The Labute approximate surface area is 188 Å². The minimum atomic E-state index is -1.31. The lowest BCUT2D eigenvalue weighted by molar-refractivity contribution is -0.296. The van der Waals surface area contributed by atoms with Gasteiger partial charge in [-0.25, -0.2) is 0 Å². The maximum atomic E-state index is 13.7. The first-order chi connectivity index (χ1) is 14.7. The van der Waals surface area contributed by atoms with Gasteiger partial charge in [-0.15, -0.1) is 0 Å². The molecule has 0 aromatic heterocycles. The van der Waals surface area contributed by atoms with Crippen molar-refractivity contribution < 1.29 is 39.2 Å². The third-order valence-electron chi connectivity index (χ3n) is 8.96. The van der Waals surface area contributed by atoms with Crippen molar-refractivity contribution >= 4 is 17.7 Å². The Balaban J connectivity index is 1.93. The molecule has 4 aliphatic carbocycles. The first kappa shape index (κ1) is 23.4. The fourth-order valence-corrected chi connectivity index (χ4v) is 8.42. The summed E-state index contributed by atoms with van der Waals surface area (Å²) in [5, 5.41) is 34.2. The number of aliphatic hydroxyl groups is 3. The molecule has 2 bridgehead atoms. The van der Waals surface area contributed by atoms with E-state index in [1.807, 2.05) is 6.92 Å². The number of allylic oxidation sites excluding steroid dienone is 1. The van der Waals surface area contributed by atoms with Crippen LogP contribution in [-0.2, 0) is 23.9 Å². The van der Waals surface area contributed by atoms with E-state index in [1.165, 1.54) is 13.8 Å². The van der Waals surface area contributed by atoms with Crippen LogP contribution in [0, 0.1) is 34.0 Å².